The summed E-state index contributed by atoms with van der Waals surface area (Å²) in [6, 6.07) is 24.5. The number of hydrogen-bond acceptors (Lipinski definition) is 3. The van der Waals surface area contributed by atoms with Crippen molar-refractivity contribution in [2.24, 2.45) is 0 Å². The zero-order valence-electron chi connectivity index (χ0n) is 16.1. The highest BCUT2D eigenvalue weighted by molar-refractivity contribution is 6.14. The number of anilines is 1. The van der Waals surface area contributed by atoms with Gasteiger partial charge in [0.05, 0.1) is 5.69 Å². The van der Waals surface area contributed by atoms with Crippen molar-refractivity contribution in [2.75, 3.05) is 4.90 Å². The van der Waals surface area contributed by atoms with Gasteiger partial charge in [-0.2, -0.15) is 0 Å². The van der Waals surface area contributed by atoms with Crippen LogP contribution in [0.1, 0.15) is 24.5 Å². The molecule has 0 spiro atoms. The van der Waals surface area contributed by atoms with Gasteiger partial charge in [0.25, 0.3) is 0 Å². The van der Waals surface area contributed by atoms with Crippen molar-refractivity contribution >= 4 is 17.5 Å². The van der Waals surface area contributed by atoms with E-state index in [0.29, 0.717) is 17.9 Å². The molecular formula is C24H23NO3. The molecule has 2 amide bonds. The Labute approximate surface area is 165 Å². The molecule has 0 atom stereocenters. The average molecular weight is 373 g/mol. The molecule has 0 aromatic heterocycles. The first-order valence-electron chi connectivity index (χ1n) is 9.25. The van der Waals surface area contributed by atoms with E-state index in [9.17, 15) is 9.59 Å². The Morgan fingerprint density at radius 3 is 1.96 bits per heavy atom. The lowest BCUT2D eigenvalue weighted by Crippen LogP contribution is -2.35. The largest absolute Gasteiger partial charge is 0.457 e. The maximum atomic E-state index is 12.6. The summed E-state index contributed by atoms with van der Waals surface area (Å²) in [6.45, 7) is 3.42. The molecule has 142 valence electrons. The van der Waals surface area contributed by atoms with Gasteiger partial charge in [0.2, 0.25) is 11.8 Å². The van der Waals surface area contributed by atoms with E-state index in [2.05, 4.69) is 0 Å². The van der Waals surface area contributed by atoms with Crippen molar-refractivity contribution in [2.45, 2.75) is 26.7 Å². The number of amides is 2. The second-order valence-corrected chi connectivity index (χ2v) is 6.64. The maximum absolute atomic E-state index is 12.6. The Bertz CT molecular complexity index is 932. The van der Waals surface area contributed by atoms with Crippen LogP contribution in [0.3, 0.4) is 0 Å². The minimum absolute atomic E-state index is 0.219. The van der Waals surface area contributed by atoms with Gasteiger partial charge in [0.15, 0.2) is 0 Å². The fourth-order valence-electron chi connectivity index (χ4n) is 2.91. The molecule has 0 bridgehead atoms. The molecule has 0 aliphatic heterocycles. The summed E-state index contributed by atoms with van der Waals surface area (Å²) in [5.74, 6) is 0.863. The molecule has 3 aromatic rings. The standard InChI is InChI=1S/C24H23NO3/c1-18-8-13-22(14-9-18)28-23-15-11-21(12-16-23)25(19(2)26)24(27)17-10-20-6-4-3-5-7-20/h3-9,11-16H,10,17H2,1-2H3. The van der Waals surface area contributed by atoms with E-state index in [1.807, 2.05) is 61.5 Å². The maximum Gasteiger partial charge on any atom is 0.234 e. The summed E-state index contributed by atoms with van der Waals surface area (Å²) < 4.78 is 5.81. The lowest BCUT2D eigenvalue weighted by molar-refractivity contribution is -0.125. The van der Waals surface area contributed by atoms with Crippen LogP contribution in [0.4, 0.5) is 5.69 Å². The van der Waals surface area contributed by atoms with Crippen LogP contribution in [-0.4, -0.2) is 11.8 Å². The summed E-state index contributed by atoms with van der Waals surface area (Å²) in [6.07, 6.45) is 0.864. The number of carbonyl (C=O) groups excluding carboxylic acids is 2. The van der Waals surface area contributed by atoms with Crippen molar-refractivity contribution in [1.29, 1.82) is 0 Å². The average Bonchev–Trinajstić information content (AvgIpc) is 2.70. The molecule has 0 heterocycles. The monoisotopic (exact) mass is 373 g/mol. The molecule has 0 aliphatic carbocycles. The summed E-state index contributed by atoms with van der Waals surface area (Å²) in [5.41, 5.74) is 2.77. The lowest BCUT2D eigenvalue weighted by Gasteiger charge is -2.19. The number of aryl methyl sites for hydroxylation is 2. The van der Waals surface area contributed by atoms with Crippen LogP contribution in [0.2, 0.25) is 0 Å². The molecule has 0 saturated carbocycles. The molecule has 0 radical (unpaired) electrons. The number of imide groups is 1. The summed E-state index contributed by atoms with van der Waals surface area (Å²) >= 11 is 0. The van der Waals surface area contributed by atoms with Crippen molar-refractivity contribution in [3.8, 4) is 11.5 Å². The third-order valence-corrected chi connectivity index (χ3v) is 4.39. The normalized spacial score (nSPS) is 10.4. The van der Waals surface area contributed by atoms with Crippen LogP contribution in [-0.2, 0) is 16.0 Å². The van der Waals surface area contributed by atoms with Crippen LogP contribution < -0.4 is 9.64 Å². The van der Waals surface area contributed by atoms with Crippen LogP contribution in [0.25, 0.3) is 0 Å². The topological polar surface area (TPSA) is 46.6 Å². The number of carbonyl (C=O) groups is 2. The van der Waals surface area contributed by atoms with Gasteiger partial charge < -0.3 is 4.74 Å². The van der Waals surface area contributed by atoms with E-state index >= 15 is 0 Å². The fourth-order valence-corrected chi connectivity index (χ4v) is 2.91. The van der Waals surface area contributed by atoms with Crippen LogP contribution in [0.15, 0.2) is 78.9 Å². The molecule has 0 saturated heterocycles. The van der Waals surface area contributed by atoms with E-state index < -0.39 is 0 Å². The molecule has 4 nitrogen and oxygen atoms in total. The van der Waals surface area contributed by atoms with Gasteiger partial charge in [-0.3, -0.25) is 14.5 Å². The Balaban J connectivity index is 1.68. The van der Waals surface area contributed by atoms with Gasteiger partial charge in [-0.15, -0.1) is 0 Å². The quantitative estimate of drug-likeness (QED) is 0.589. The van der Waals surface area contributed by atoms with Gasteiger partial charge >= 0.3 is 0 Å². The van der Waals surface area contributed by atoms with Crippen molar-refractivity contribution < 1.29 is 14.3 Å². The van der Waals surface area contributed by atoms with Crippen molar-refractivity contribution in [3.63, 3.8) is 0 Å². The van der Waals surface area contributed by atoms with E-state index in [0.717, 1.165) is 16.9 Å². The number of nitrogens with zero attached hydrogens (tertiary/aromatic N) is 1. The minimum Gasteiger partial charge on any atom is -0.457 e. The van der Waals surface area contributed by atoms with E-state index in [1.165, 1.54) is 11.8 Å². The predicted octanol–water partition coefficient (Wildman–Crippen LogP) is 5.30. The number of benzene rings is 3. The summed E-state index contributed by atoms with van der Waals surface area (Å²) in [5, 5.41) is 0. The Morgan fingerprint density at radius 1 is 0.821 bits per heavy atom. The molecule has 0 N–H and O–H groups in total. The SMILES string of the molecule is CC(=O)N(C(=O)CCc1ccccc1)c1ccc(Oc2ccc(C)cc2)cc1. The van der Waals surface area contributed by atoms with E-state index in [1.54, 1.807) is 24.3 Å². The van der Waals surface area contributed by atoms with E-state index in [4.69, 9.17) is 4.74 Å². The number of ether oxygens (including phenoxy) is 1. The van der Waals surface area contributed by atoms with Crippen molar-refractivity contribution in [1.82, 2.24) is 0 Å². The van der Waals surface area contributed by atoms with Crippen LogP contribution in [0, 0.1) is 6.92 Å². The molecule has 0 unspecified atom stereocenters. The van der Waals surface area contributed by atoms with Gasteiger partial charge in [-0.25, -0.2) is 0 Å². The number of rotatable bonds is 6. The molecule has 0 fully saturated rings. The third kappa shape index (κ3) is 5.07. The summed E-state index contributed by atoms with van der Waals surface area (Å²) in [4.78, 5) is 25.9. The van der Waals surface area contributed by atoms with Crippen LogP contribution >= 0.6 is 0 Å². The van der Waals surface area contributed by atoms with Gasteiger partial charge in [-0.1, -0.05) is 48.0 Å². The molecular weight excluding hydrogens is 350 g/mol. The molecule has 3 rings (SSSR count). The lowest BCUT2D eigenvalue weighted by atomic mass is 10.1. The predicted molar refractivity (Wildman–Crippen MR) is 111 cm³/mol. The highest BCUT2D eigenvalue weighted by atomic mass is 16.5. The molecule has 3 aromatic carbocycles. The first-order chi connectivity index (χ1) is 13.5. The first-order valence-corrected chi connectivity index (χ1v) is 9.25. The highest BCUT2D eigenvalue weighted by Crippen LogP contribution is 2.25. The first kappa shape index (κ1) is 19.4. The Morgan fingerprint density at radius 2 is 1.39 bits per heavy atom. The summed E-state index contributed by atoms with van der Waals surface area (Å²) in [7, 11) is 0. The fraction of sp³-hybridized carbons (Fsp3) is 0.167. The minimum atomic E-state index is -0.301. The molecule has 4 heteroatoms. The highest BCUT2D eigenvalue weighted by Gasteiger charge is 2.20. The van der Waals surface area contributed by atoms with Crippen molar-refractivity contribution in [3.05, 3.63) is 90.0 Å². The zero-order chi connectivity index (χ0) is 19.9. The second-order valence-electron chi connectivity index (χ2n) is 6.64. The van der Waals surface area contributed by atoms with Gasteiger partial charge in [0, 0.05) is 13.3 Å². The Kier molecular flexibility index (Phi) is 6.22. The van der Waals surface area contributed by atoms with Gasteiger partial charge in [0.1, 0.15) is 11.5 Å². The molecule has 28 heavy (non-hydrogen) atoms. The molecule has 0 aliphatic rings. The second kappa shape index (κ2) is 9.00. The number of hydrogen-bond donors (Lipinski definition) is 0. The van der Waals surface area contributed by atoms with E-state index in [-0.39, 0.29) is 18.2 Å². The smallest absolute Gasteiger partial charge is 0.234 e. The zero-order valence-corrected chi connectivity index (χ0v) is 16.1. The van der Waals surface area contributed by atoms with Crippen LogP contribution in [0.5, 0.6) is 11.5 Å². The van der Waals surface area contributed by atoms with Gasteiger partial charge in [-0.05, 0) is 55.3 Å². The third-order valence-electron chi connectivity index (χ3n) is 4.39. The Hall–Kier alpha value is -3.40.